The first-order valence-corrected chi connectivity index (χ1v) is 8.44. The third-order valence-electron chi connectivity index (χ3n) is 3.23. The van der Waals surface area contributed by atoms with Crippen LogP contribution in [0, 0.1) is 0 Å². The van der Waals surface area contributed by atoms with E-state index in [1.807, 2.05) is 13.8 Å². The molecule has 8 heteroatoms. The highest BCUT2D eigenvalue weighted by molar-refractivity contribution is 6.34. The fraction of sp³-hybridized carbons (Fsp3) is 0.353. The van der Waals surface area contributed by atoms with Gasteiger partial charge in [0, 0.05) is 10.0 Å². The monoisotopic (exact) mass is 384 g/mol. The number of benzene rings is 1. The fourth-order valence-electron chi connectivity index (χ4n) is 2.23. The van der Waals surface area contributed by atoms with Crippen LogP contribution in [0.4, 0.5) is 0 Å². The number of halogens is 2. The standard InChI is InChI=1S/C17H18Cl2N2O4/c1-5-24-17(23)15-14(10(4)22)16(21(20-15)9(2)3)25-13-7-11(18)6-12(19)8-13/h6-9H,5H2,1-4H3. The van der Waals surface area contributed by atoms with Crippen molar-refractivity contribution < 1.29 is 19.1 Å². The Morgan fingerprint density at radius 3 is 2.28 bits per heavy atom. The maximum Gasteiger partial charge on any atom is 0.359 e. The molecule has 0 radical (unpaired) electrons. The zero-order valence-corrected chi connectivity index (χ0v) is 15.8. The van der Waals surface area contributed by atoms with Crippen molar-refractivity contribution in [1.82, 2.24) is 9.78 Å². The van der Waals surface area contributed by atoms with Gasteiger partial charge in [-0.25, -0.2) is 9.48 Å². The second kappa shape index (κ2) is 7.89. The van der Waals surface area contributed by atoms with Crippen LogP contribution in [0.5, 0.6) is 11.6 Å². The first kappa shape index (κ1) is 19.3. The van der Waals surface area contributed by atoms with Crippen LogP contribution in [0.15, 0.2) is 18.2 Å². The molecule has 0 amide bonds. The summed E-state index contributed by atoms with van der Waals surface area (Å²) >= 11 is 12.0. The molecule has 25 heavy (non-hydrogen) atoms. The average Bonchev–Trinajstić information content (AvgIpc) is 2.86. The van der Waals surface area contributed by atoms with Gasteiger partial charge in [0.05, 0.1) is 12.6 Å². The Bertz CT molecular complexity index is 795. The summed E-state index contributed by atoms with van der Waals surface area (Å²) in [5, 5.41) is 4.99. The van der Waals surface area contributed by atoms with Crippen molar-refractivity contribution in [2.45, 2.75) is 33.7 Å². The quantitative estimate of drug-likeness (QED) is 0.520. The fourth-order valence-corrected chi connectivity index (χ4v) is 2.73. The lowest BCUT2D eigenvalue weighted by molar-refractivity contribution is 0.0515. The highest BCUT2D eigenvalue weighted by atomic mass is 35.5. The molecular formula is C17H18Cl2N2O4. The van der Waals surface area contributed by atoms with Crippen LogP contribution in [-0.4, -0.2) is 28.1 Å². The Morgan fingerprint density at radius 1 is 1.20 bits per heavy atom. The van der Waals surface area contributed by atoms with Gasteiger partial charge in [-0.15, -0.1) is 0 Å². The molecule has 0 atom stereocenters. The van der Waals surface area contributed by atoms with Crippen LogP contribution in [0.2, 0.25) is 10.0 Å². The lowest BCUT2D eigenvalue weighted by Gasteiger charge is -2.13. The van der Waals surface area contributed by atoms with E-state index < -0.39 is 5.97 Å². The third kappa shape index (κ3) is 4.32. The summed E-state index contributed by atoms with van der Waals surface area (Å²) in [4.78, 5) is 24.3. The minimum atomic E-state index is -0.680. The maximum atomic E-state index is 12.2. The van der Waals surface area contributed by atoms with Crippen LogP contribution >= 0.6 is 23.2 Å². The van der Waals surface area contributed by atoms with Gasteiger partial charge in [0.15, 0.2) is 11.5 Å². The summed E-state index contributed by atoms with van der Waals surface area (Å²) in [6, 6.07) is 4.51. The average molecular weight is 385 g/mol. The van der Waals surface area contributed by atoms with Crippen molar-refractivity contribution in [1.29, 1.82) is 0 Å². The molecule has 0 fully saturated rings. The van der Waals surface area contributed by atoms with E-state index in [0.29, 0.717) is 15.8 Å². The van der Waals surface area contributed by atoms with Gasteiger partial charge < -0.3 is 9.47 Å². The summed E-state index contributed by atoms with van der Waals surface area (Å²) in [5.74, 6) is -0.569. The number of rotatable bonds is 6. The minimum Gasteiger partial charge on any atom is -0.461 e. The number of hydrogen-bond donors (Lipinski definition) is 0. The Balaban J connectivity index is 2.61. The van der Waals surface area contributed by atoms with Gasteiger partial charge in [0.1, 0.15) is 11.3 Å². The molecule has 2 rings (SSSR count). The predicted molar refractivity (Wildman–Crippen MR) is 95.1 cm³/mol. The second-order valence-corrected chi connectivity index (χ2v) is 6.42. The molecule has 0 saturated carbocycles. The SMILES string of the molecule is CCOC(=O)c1nn(C(C)C)c(Oc2cc(Cl)cc(Cl)c2)c1C(C)=O. The van der Waals surface area contributed by atoms with E-state index in [1.165, 1.54) is 11.6 Å². The summed E-state index contributed by atoms with van der Waals surface area (Å²) in [5.41, 5.74) is -0.0191. The molecular weight excluding hydrogens is 367 g/mol. The maximum absolute atomic E-state index is 12.2. The number of aromatic nitrogens is 2. The van der Waals surface area contributed by atoms with Crippen LogP contribution in [0.1, 0.15) is 54.6 Å². The van der Waals surface area contributed by atoms with Gasteiger partial charge in [-0.2, -0.15) is 5.10 Å². The highest BCUT2D eigenvalue weighted by Gasteiger charge is 2.29. The number of hydrogen-bond acceptors (Lipinski definition) is 5. The van der Waals surface area contributed by atoms with Crippen molar-refractivity contribution in [3.05, 3.63) is 39.5 Å². The summed E-state index contributed by atoms with van der Waals surface area (Å²) in [7, 11) is 0. The second-order valence-electron chi connectivity index (χ2n) is 5.55. The van der Waals surface area contributed by atoms with E-state index in [1.54, 1.807) is 25.1 Å². The lowest BCUT2D eigenvalue weighted by Crippen LogP contribution is -2.10. The number of ether oxygens (including phenoxy) is 2. The van der Waals surface area contributed by atoms with E-state index in [0.717, 1.165) is 0 Å². The van der Waals surface area contributed by atoms with Gasteiger partial charge in [-0.05, 0) is 45.9 Å². The number of carbonyl (C=O) groups excluding carboxylic acids is 2. The largest absolute Gasteiger partial charge is 0.461 e. The Labute approximate surface area is 155 Å². The van der Waals surface area contributed by atoms with Gasteiger partial charge in [-0.1, -0.05) is 23.2 Å². The number of ketones is 1. The van der Waals surface area contributed by atoms with E-state index in [9.17, 15) is 9.59 Å². The summed E-state index contributed by atoms with van der Waals surface area (Å²) in [6.45, 7) is 6.89. The van der Waals surface area contributed by atoms with E-state index in [2.05, 4.69) is 5.10 Å². The first-order chi connectivity index (χ1) is 11.7. The first-order valence-electron chi connectivity index (χ1n) is 7.69. The number of esters is 1. The lowest BCUT2D eigenvalue weighted by atomic mass is 10.1. The zero-order valence-electron chi connectivity index (χ0n) is 14.3. The minimum absolute atomic E-state index is 0.0586. The molecule has 0 bridgehead atoms. The van der Waals surface area contributed by atoms with Crippen molar-refractivity contribution in [3.63, 3.8) is 0 Å². The van der Waals surface area contributed by atoms with Crippen molar-refractivity contribution in [3.8, 4) is 11.6 Å². The van der Waals surface area contributed by atoms with E-state index in [4.69, 9.17) is 32.7 Å². The molecule has 0 unspecified atom stereocenters. The van der Waals surface area contributed by atoms with E-state index >= 15 is 0 Å². The molecule has 2 aromatic rings. The number of carbonyl (C=O) groups is 2. The van der Waals surface area contributed by atoms with Crippen LogP contribution in [0.25, 0.3) is 0 Å². The molecule has 0 spiro atoms. The van der Waals surface area contributed by atoms with Crippen molar-refractivity contribution >= 4 is 35.0 Å². The molecule has 0 aliphatic heterocycles. The molecule has 1 heterocycles. The van der Waals surface area contributed by atoms with Crippen molar-refractivity contribution in [2.24, 2.45) is 0 Å². The Kier molecular flexibility index (Phi) is 6.08. The summed E-state index contributed by atoms with van der Waals surface area (Å²) < 4.78 is 12.3. The van der Waals surface area contributed by atoms with Crippen LogP contribution in [-0.2, 0) is 4.74 Å². The highest BCUT2D eigenvalue weighted by Crippen LogP contribution is 2.34. The molecule has 6 nitrogen and oxygen atoms in total. The molecule has 1 aromatic carbocycles. The van der Waals surface area contributed by atoms with Crippen LogP contribution in [0.3, 0.4) is 0 Å². The molecule has 0 N–H and O–H groups in total. The molecule has 0 aliphatic rings. The predicted octanol–water partition coefficient (Wildman–Crippen LogP) is 4.94. The topological polar surface area (TPSA) is 70.4 Å². The Hall–Kier alpha value is -2.05. The molecule has 134 valence electrons. The third-order valence-corrected chi connectivity index (χ3v) is 3.66. The summed E-state index contributed by atoms with van der Waals surface area (Å²) in [6.07, 6.45) is 0. The van der Waals surface area contributed by atoms with Gasteiger partial charge in [-0.3, -0.25) is 4.79 Å². The molecule has 1 aromatic heterocycles. The van der Waals surface area contributed by atoms with Gasteiger partial charge >= 0.3 is 5.97 Å². The number of Topliss-reactive ketones (excluding diaryl/α,β-unsaturated/α-hetero) is 1. The Morgan fingerprint density at radius 2 is 1.80 bits per heavy atom. The molecule has 0 saturated heterocycles. The van der Waals surface area contributed by atoms with Gasteiger partial charge in [0.2, 0.25) is 5.88 Å². The van der Waals surface area contributed by atoms with Crippen LogP contribution < -0.4 is 4.74 Å². The van der Waals surface area contributed by atoms with E-state index in [-0.39, 0.29) is 35.6 Å². The zero-order chi connectivity index (χ0) is 18.7. The number of nitrogens with zero attached hydrogens (tertiary/aromatic N) is 2. The smallest absolute Gasteiger partial charge is 0.359 e. The van der Waals surface area contributed by atoms with Gasteiger partial charge in [0.25, 0.3) is 0 Å². The normalized spacial score (nSPS) is 10.8. The van der Waals surface area contributed by atoms with Crippen molar-refractivity contribution in [2.75, 3.05) is 6.61 Å². The molecule has 0 aliphatic carbocycles.